The first-order valence-corrected chi connectivity index (χ1v) is 36.2. The number of aliphatic imine (C=N–C) groups is 1. The Morgan fingerprint density at radius 1 is 0.491 bits per heavy atom. The Labute approximate surface area is 621 Å². The van der Waals surface area contributed by atoms with E-state index in [1.54, 1.807) is 49.1 Å². The highest BCUT2D eigenvalue weighted by atomic mass is 16.5. The van der Waals surface area contributed by atoms with Gasteiger partial charge in [-0.1, -0.05) is 117 Å². The number of hydrogen-bond donors (Lipinski definition) is 5. The van der Waals surface area contributed by atoms with Crippen LogP contribution in [0.4, 0.5) is 17.1 Å². The molecule has 3 amide bonds. The predicted octanol–water partition coefficient (Wildman–Crippen LogP) is 17.0. The zero-order chi connectivity index (χ0) is 75.0. The summed E-state index contributed by atoms with van der Waals surface area (Å²) in [6.07, 6.45) is 15.2. The van der Waals surface area contributed by atoms with Gasteiger partial charge in [0.1, 0.15) is 70.5 Å². The molecule has 14 rings (SSSR count). The number of aliphatic hydroxyl groups is 1. The first-order valence-electron chi connectivity index (χ1n) is 36.2. The van der Waals surface area contributed by atoms with Crippen LogP contribution in [0.15, 0.2) is 204 Å². The van der Waals surface area contributed by atoms with Crippen molar-refractivity contribution in [1.29, 1.82) is 5.26 Å². The molecule has 3 unspecified atom stereocenters. The lowest BCUT2D eigenvalue weighted by atomic mass is 9.83. The monoisotopic (exact) mass is 1420 g/mol. The number of aryl methyl sites for hydroxylation is 3. The second-order valence-corrected chi connectivity index (χ2v) is 30.0. The number of oxazole rings is 1. The fourth-order valence-electron chi connectivity index (χ4n) is 13.0. The van der Waals surface area contributed by atoms with E-state index in [-0.39, 0.29) is 58.3 Å². The molecule has 0 bridgehead atoms. The molecular formula is C87H94N10O9. The molecule has 0 saturated carbocycles. The van der Waals surface area contributed by atoms with E-state index in [0.717, 1.165) is 83.8 Å². The van der Waals surface area contributed by atoms with E-state index in [9.17, 15) is 14.4 Å². The maximum atomic E-state index is 13.1. The van der Waals surface area contributed by atoms with Crippen LogP contribution in [0.3, 0.4) is 0 Å². The summed E-state index contributed by atoms with van der Waals surface area (Å²) in [6.45, 7) is 21.3. The van der Waals surface area contributed by atoms with Crippen molar-refractivity contribution in [3.8, 4) is 52.2 Å². The number of carbonyl (C=O) groups excluding carboxylic acids is 3. The normalized spacial score (nSPS) is 15.7. The number of fused-ring (bicyclic) bond motifs is 3. The third-order valence-electron chi connectivity index (χ3n) is 18.9. The largest absolute Gasteiger partial charge is 0.474 e. The molecule has 4 aliphatic rings. The third-order valence-corrected chi connectivity index (χ3v) is 18.9. The van der Waals surface area contributed by atoms with Gasteiger partial charge in [0.05, 0.1) is 19.3 Å². The number of nitriles is 1. The fraction of sp³-hybridized carbons (Fsp3) is 0.322. The summed E-state index contributed by atoms with van der Waals surface area (Å²) in [5.41, 5.74) is 19.9. The molecule has 5 heterocycles. The van der Waals surface area contributed by atoms with Crippen LogP contribution in [0.5, 0.6) is 34.5 Å². The first kappa shape index (κ1) is 75.8. The number of aliphatic hydroxyl groups excluding tert-OH is 1. The smallest absolute Gasteiger partial charge is 0.245 e. The van der Waals surface area contributed by atoms with Gasteiger partial charge in [-0.15, -0.1) is 0 Å². The number of nitrogens with zero attached hydrogens (tertiary/aromatic N) is 6. The number of hydrogen-bond acceptors (Lipinski definition) is 16. The highest BCUT2D eigenvalue weighted by molar-refractivity contribution is 5.95. The Morgan fingerprint density at radius 2 is 0.877 bits per heavy atom. The molecule has 6 N–H and O–H groups in total. The second kappa shape index (κ2) is 34.5. The molecule has 19 heteroatoms. The number of ether oxygens (including phenoxy) is 4. The van der Waals surface area contributed by atoms with Gasteiger partial charge >= 0.3 is 0 Å². The number of carbonyl (C=O) groups is 3. The average molecular weight is 1420 g/mol. The van der Waals surface area contributed by atoms with Gasteiger partial charge < -0.3 is 50.2 Å². The van der Waals surface area contributed by atoms with Crippen LogP contribution < -0.4 is 35.9 Å². The van der Waals surface area contributed by atoms with Gasteiger partial charge in [-0.3, -0.25) is 24.4 Å². The van der Waals surface area contributed by atoms with Crippen molar-refractivity contribution >= 4 is 40.7 Å². The molecule has 106 heavy (non-hydrogen) atoms. The molecule has 1 aliphatic heterocycles. The first-order chi connectivity index (χ1) is 50.9. The fourth-order valence-corrected chi connectivity index (χ4v) is 13.0. The highest BCUT2D eigenvalue weighted by Crippen LogP contribution is 2.37. The van der Waals surface area contributed by atoms with Crippen LogP contribution in [-0.2, 0) is 73.9 Å². The summed E-state index contributed by atoms with van der Waals surface area (Å²) in [5.74, 6) is 5.04. The molecule has 19 nitrogen and oxygen atoms in total. The molecule has 0 saturated heterocycles. The number of pyridine rings is 3. The number of rotatable bonds is 15. The third kappa shape index (κ3) is 20.8. The van der Waals surface area contributed by atoms with Crippen LogP contribution in [0, 0.1) is 29.1 Å². The van der Waals surface area contributed by atoms with E-state index >= 15 is 0 Å². The molecule has 4 aromatic heterocycles. The van der Waals surface area contributed by atoms with Gasteiger partial charge in [-0.05, 0) is 215 Å². The lowest BCUT2D eigenvalue weighted by Crippen LogP contribution is -2.28. The minimum atomic E-state index is -0.0813. The Balaban J connectivity index is 0.000000155. The standard InChI is InChI=1S/C29H31N3O3.C29H29N3O3.C27H27N3O2.C2H7NO/c2*1-29(2,3)22-5-4-6-23(17-22)32-27(33)20-8-7-19-9-10-24(16-21(19)15-20)35-25-11-12-30-26(18-25)28-31-13-14-34-28;1-27(2,3)21-5-4-6-22(15-21)30-26(31)19-8-7-18-9-10-24(14-20(18)13-19)32-25-11-12-29-23(16-25)17-28;3-1-2-4/h4-6,9-12,16-18,20H,7-8,13-15H2,1-3H3,(H,32,33);4-6,9-14,16-18,20H,7-8,15H2,1-3H3,(H,32,33);4-6,9-12,14-16,19H,7-8,13H2,1-3H3,(H,30,31);4H,1-3H2. The van der Waals surface area contributed by atoms with Crippen LogP contribution in [0.2, 0.25) is 0 Å². The summed E-state index contributed by atoms with van der Waals surface area (Å²) >= 11 is 0. The molecule has 0 fully saturated rings. The van der Waals surface area contributed by atoms with Crippen molar-refractivity contribution in [3.63, 3.8) is 0 Å². The summed E-state index contributed by atoms with van der Waals surface area (Å²) in [4.78, 5) is 60.3. The molecular weight excluding hydrogens is 1330 g/mol. The van der Waals surface area contributed by atoms with E-state index in [1.165, 1.54) is 39.6 Å². The Kier molecular flexibility index (Phi) is 24.7. The van der Waals surface area contributed by atoms with Crippen LogP contribution in [-0.4, -0.2) is 75.0 Å². The Bertz CT molecular complexity index is 4790. The number of nitrogens with two attached hydrogens (primary N) is 1. The van der Waals surface area contributed by atoms with Crippen molar-refractivity contribution in [2.45, 2.75) is 136 Å². The summed E-state index contributed by atoms with van der Waals surface area (Å²) < 4.78 is 29.0. The maximum Gasteiger partial charge on any atom is 0.245 e. The topological polar surface area (TPSA) is 271 Å². The van der Waals surface area contributed by atoms with Gasteiger partial charge in [-0.2, -0.15) is 5.26 Å². The van der Waals surface area contributed by atoms with Gasteiger partial charge in [0, 0.05) is 78.2 Å². The van der Waals surface area contributed by atoms with Crippen molar-refractivity contribution in [2.24, 2.45) is 28.5 Å². The van der Waals surface area contributed by atoms with Crippen LogP contribution in [0.1, 0.15) is 143 Å². The quantitative estimate of drug-likeness (QED) is 0.0638. The molecule has 6 aromatic carbocycles. The lowest BCUT2D eigenvalue weighted by Gasteiger charge is -2.25. The number of benzene rings is 6. The summed E-state index contributed by atoms with van der Waals surface area (Å²) in [6, 6.07) is 55.2. The lowest BCUT2D eigenvalue weighted by molar-refractivity contribution is -0.121. The molecule has 0 spiro atoms. The van der Waals surface area contributed by atoms with Gasteiger partial charge in [0.2, 0.25) is 29.5 Å². The van der Waals surface area contributed by atoms with E-state index in [2.05, 4.69) is 164 Å². The summed E-state index contributed by atoms with van der Waals surface area (Å²) in [7, 11) is 0. The zero-order valence-electron chi connectivity index (χ0n) is 61.9. The van der Waals surface area contributed by atoms with E-state index in [0.29, 0.717) is 90.8 Å². The van der Waals surface area contributed by atoms with Crippen molar-refractivity contribution in [2.75, 3.05) is 42.3 Å². The van der Waals surface area contributed by atoms with Crippen molar-refractivity contribution in [3.05, 3.63) is 256 Å². The summed E-state index contributed by atoms with van der Waals surface area (Å²) in [5, 5.41) is 26.2. The van der Waals surface area contributed by atoms with Gasteiger partial charge in [0.25, 0.3) is 0 Å². The Hall–Kier alpha value is -11.3. The second-order valence-electron chi connectivity index (χ2n) is 30.0. The minimum Gasteiger partial charge on any atom is -0.474 e. The SMILES string of the molecule is CC(C)(C)c1cccc(NC(=O)C2CCc3ccc(Oc4ccnc(-c5ncco5)c4)cc3C2)c1.CC(C)(C)c1cccc(NC(=O)C2CCc3ccc(Oc4ccnc(C#N)c4)cc3C2)c1.CC(C)(C)c1cccc(NC(=O)C2CCc3ccc(Oc4ccnc(C5=NCCO5)c4)cc3C2)c1.NCCO. The maximum absolute atomic E-state index is 13.1. The molecule has 3 atom stereocenters. The minimum absolute atomic E-state index is 0.0315. The Morgan fingerprint density at radius 3 is 1.25 bits per heavy atom. The van der Waals surface area contributed by atoms with Gasteiger partial charge in [0.15, 0.2) is 0 Å². The molecule has 3 aliphatic carbocycles. The predicted molar refractivity (Wildman–Crippen MR) is 414 cm³/mol. The van der Waals surface area contributed by atoms with Crippen LogP contribution >= 0.6 is 0 Å². The van der Waals surface area contributed by atoms with Crippen molar-refractivity contribution < 1.29 is 42.9 Å². The average Bonchev–Trinajstić information content (AvgIpc) is 1.01. The number of amides is 3. The van der Waals surface area contributed by atoms with Crippen molar-refractivity contribution in [1.82, 2.24) is 19.9 Å². The van der Waals surface area contributed by atoms with E-state index in [1.807, 2.05) is 84.9 Å². The molecule has 546 valence electrons. The van der Waals surface area contributed by atoms with Gasteiger partial charge in [-0.25, -0.2) is 15.0 Å². The zero-order valence-corrected chi connectivity index (χ0v) is 61.9. The molecule has 10 aromatic rings. The van der Waals surface area contributed by atoms with E-state index < -0.39 is 0 Å². The van der Waals surface area contributed by atoms with E-state index in [4.69, 9.17) is 39.5 Å². The number of nitrogens with one attached hydrogen (secondary N) is 3. The number of anilines is 3. The molecule has 0 radical (unpaired) electrons. The number of aromatic nitrogens is 4. The highest BCUT2D eigenvalue weighted by Gasteiger charge is 2.30. The van der Waals surface area contributed by atoms with Crippen LogP contribution in [0.25, 0.3) is 11.6 Å².